The van der Waals surface area contributed by atoms with E-state index in [2.05, 4.69) is 17.0 Å². The van der Waals surface area contributed by atoms with Crippen LogP contribution in [-0.4, -0.2) is 49.9 Å². The summed E-state index contributed by atoms with van der Waals surface area (Å²) in [6.07, 6.45) is 0.483. The van der Waals surface area contributed by atoms with E-state index >= 15 is 0 Å². The first-order valence-electron chi connectivity index (χ1n) is 8.11. The second kappa shape index (κ2) is 5.94. The maximum atomic E-state index is 12.4. The fourth-order valence-electron chi connectivity index (χ4n) is 3.38. The SMILES string of the molecule is CN1C(=O)Cc2cc(N3CCN(C(=O)c4cccs4)CC3)ccc21. The van der Waals surface area contributed by atoms with E-state index in [9.17, 15) is 9.59 Å². The van der Waals surface area contributed by atoms with Crippen LogP contribution < -0.4 is 9.80 Å². The largest absolute Gasteiger partial charge is 0.368 e. The lowest BCUT2D eigenvalue weighted by Gasteiger charge is -2.36. The van der Waals surface area contributed by atoms with Gasteiger partial charge in [0.05, 0.1) is 11.3 Å². The molecule has 1 aromatic carbocycles. The molecule has 2 amide bonds. The fourth-order valence-corrected chi connectivity index (χ4v) is 4.07. The van der Waals surface area contributed by atoms with Gasteiger partial charge in [0.2, 0.25) is 5.91 Å². The van der Waals surface area contributed by atoms with Crippen LogP contribution in [0.15, 0.2) is 35.7 Å². The van der Waals surface area contributed by atoms with Gasteiger partial charge in [-0.2, -0.15) is 0 Å². The zero-order chi connectivity index (χ0) is 16.7. The molecule has 0 radical (unpaired) electrons. The first-order valence-corrected chi connectivity index (χ1v) is 8.98. The van der Waals surface area contributed by atoms with E-state index in [4.69, 9.17) is 0 Å². The van der Waals surface area contributed by atoms with E-state index in [-0.39, 0.29) is 11.8 Å². The highest BCUT2D eigenvalue weighted by molar-refractivity contribution is 7.12. The Labute approximate surface area is 145 Å². The first-order chi connectivity index (χ1) is 11.6. The minimum absolute atomic E-state index is 0.130. The zero-order valence-electron chi connectivity index (χ0n) is 13.6. The molecule has 0 atom stereocenters. The second-order valence-electron chi connectivity index (χ2n) is 6.20. The number of hydrogen-bond donors (Lipinski definition) is 0. The number of anilines is 2. The van der Waals surface area contributed by atoms with Crippen LogP contribution in [0.1, 0.15) is 15.2 Å². The summed E-state index contributed by atoms with van der Waals surface area (Å²) in [5.74, 6) is 0.277. The summed E-state index contributed by atoms with van der Waals surface area (Å²) >= 11 is 1.49. The predicted octanol–water partition coefficient (Wildman–Crippen LogP) is 2.23. The molecule has 2 aliphatic heterocycles. The Morgan fingerprint density at radius 1 is 1.12 bits per heavy atom. The summed E-state index contributed by atoms with van der Waals surface area (Å²) in [4.78, 5) is 31.0. The average Bonchev–Trinajstić information content (AvgIpc) is 3.23. The monoisotopic (exact) mass is 341 g/mol. The fraction of sp³-hybridized carbons (Fsp3) is 0.333. The van der Waals surface area contributed by atoms with Crippen LogP contribution in [-0.2, 0) is 11.2 Å². The maximum absolute atomic E-state index is 12.4. The van der Waals surface area contributed by atoms with Crippen LogP contribution in [0.25, 0.3) is 0 Å². The molecule has 0 aliphatic carbocycles. The van der Waals surface area contributed by atoms with Crippen molar-refractivity contribution in [1.82, 2.24) is 4.90 Å². The van der Waals surface area contributed by atoms with Crippen molar-refractivity contribution in [2.45, 2.75) is 6.42 Å². The Morgan fingerprint density at radius 3 is 2.62 bits per heavy atom. The van der Waals surface area contributed by atoms with Gasteiger partial charge in [-0.15, -0.1) is 11.3 Å². The van der Waals surface area contributed by atoms with Crippen molar-refractivity contribution in [3.63, 3.8) is 0 Å². The lowest BCUT2D eigenvalue weighted by Crippen LogP contribution is -2.48. The van der Waals surface area contributed by atoms with Crippen molar-refractivity contribution < 1.29 is 9.59 Å². The number of carbonyl (C=O) groups excluding carboxylic acids is 2. The molecule has 2 aromatic rings. The van der Waals surface area contributed by atoms with Gasteiger partial charge in [-0.3, -0.25) is 9.59 Å². The van der Waals surface area contributed by atoms with E-state index in [1.54, 1.807) is 4.90 Å². The van der Waals surface area contributed by atoms with Crippen LogP contribution in [0.4, 0.5) is 11.4 Å². The molecule has 5 nitrogen and oxygen atoms in total. The quantitative estimate of drug-likeness (QED) is 0.841. The molecule has 3 heterocycles. The third-order valence-electron chi connectivity index (χ3n) is 4.80. The third-order valence-corrected chi connectivity index (χ3v) is 5.66. The van der Waals surface area contributed by atoms with E-state index in [0.717, 1.165) is 48.0 Å². The summed E-state index contributed by atoms with van der Waals surface area (Å²) in [7, 11) is 1.82. The number of hydrogen-bond acceptors (Lipinski definition) is 4. The number of piperazine rings is 1. The average molecular weight is 341 g/mol. The molecule has 0 spiro atoms. The molecule has 1 saturated heterocycles. The summed E-state index contributed by atoms with van der Waals surface area (Å²) < 4.78 is 0. The van der Waals surface area contributed by atoms with Crippen molar-refractivity contribution in [3.05, 3.63) is 46.2 Å². The number of carbonyl (C=O) groups is 2. The number of fused-ring (bicyclic) bond motifs is 1. The number of likely N-dealkylation sites (N-methyl/N-ethyl adjacent to an activating group) is 1. The van der Waals surface area contributed by atoms with Crippen molar-refractivity contribution >= 4 is 34.5 Å². The minimum Gasteiger partial charge on any atom is -0.368 e. The van der Waals surface area contributed by atoms with Gasteiger partial charge in [0, 0.05) is 44.6 Å². The lowest BCUT2D eigenvalue weighted by molar-refractivity contribution is -0.117. The molecular weight excluding hydrogens is 322 g/mol. The second-order valence-corrected chi connectivity index (χ2v) is 7.15. The van der Waals surface area contributed by atoms with Gasteiger partial charge in [-0.1, -0.05) is 6.07 Å². The summed E-state index contributed by atoms with van der Waals surface area (Å²) in [6, 6.07) is 10.0. The zero-order valence-corrected chi connectivity index (χ0v) is 14.4. The highest BCUT2D eigenvalue weighted by atomic mass is 32.1. The van der Waals surface area contributed by atoms with Gasteiger partial charge in [-0.05, 0) is 35.2 Å². The summed E-state index contributed by atoms with van der Waals surface area (Å²) in [6.45, 7) is 3.10. The van der Waals surface area contributed by atoms with Crippen molar-refractivity contribution in [2.24, 2.45) is 0 Å². The smallest absolute Gasteiger partial charge is 0.264 e. The van der Waals surface area contributed by atoms with Crippen LogP contribution in [0.2, 0.25) is 0 Å². The molecule has 124 valence electrons. The van der Waals surface area contributed by atoms with Crippen molar-refractivity contribution in [2.75, 3.05) is 43.0 Å². The van der Waals surface area contributed by atoms with E-state index in [1.807, 2.05) is 35.5 Å². The standard InChI is InChI=1S/C18H19N3O2S/c1-19-15-5-4-14(11-13(15)12-17(19)22)20-6-8-21(9-7-20)18(23)16-3-2-10-24-16/h2-5,10-11H,6-9,12H2,1H3. The number of benzene rings is 1. The molecule has 1 fully saturated rings. The van der Waals surface area contributed by atoms with E-state index < -0.39 is 0 Å². The molecule has 24 heavy (non-hydrogen) atoms. The molecule has 1 aromatic heterocycles. The number of thiophene rings is 1. The van der Waals surface area contributed by atoms with Crippen molar-refractivity contribution in [3.8, 4) is 0 Å². The molecule has 0 unspecified atom stereocenters. The Hall–Kier alpha value is -2.34. The van der Waals surface area contributed by atoms with E-state index in [1.165, 1.54) is 11.3 Å². The summed E-state index contributed by atoms with van der Waals surface area (Å²) in [5, 5.41) is 1.94. The molecule has 4 rings (SSSR count). The van der Waals surface area contributed by atoms with Gasteiger partial charge >= 0.3 is 0 Å². The highest BCUT2D eigenvalue weighted by Gasteiger charge is 2.26. The maximum Gasteiger partial charge on any atom is 0.264 e. The Morgan fingerprint density at radius 2 is 1.92 bits per heavy atom. The topological polar surface area (TPSA) is 43.9 Å². The number of rotatable bonds is 2. The van der Waals surface area contributed by atoms with Gasteiger partial charge in [0.25, 0.3) is 5.91 Å². The molecule has 2 aliphatic rings. The molecule has 6 heteroatoms. The normalized spacial score (nSPS) is 17.4. The predicted molar refractivity (Wildman–Crippen MR) is 96.0 cm³/mol. The number of amides is 2. The molecular formula is C18H19N3O2S. The molecule has 0 N–H and O–H groups in total. The van der Waals surface area contributed by atoms with Gasteiger partial charge < -0.3 is 14.7 Å². The van der Waals surface area contributed by atoms with Gasteiger partial charge in [-0.25, -0.2) is 0 Å². The highest BCUT2D eigenvalue weighted by Crippen LogP contribution is 2.31. The minimum atomic E-state index is 0.130. The van der Waals surface area contributed by atoms with Crippen LogP contribution >= 0.6 is 11.3 Å². The van der Waals surface area contributed by atoms with Crippen LogP contribution in [0.5, 0.6) is 0 Å². The van der Waals surface area contributed by atoms with E-state index in [0.29, 0.717) is 6.42 Å². The Balaban J connectivity index is 1.44. The number of nitrogens with zero attached hydrogens (tertiary/aromatic N) is 3. The summed E-state index contributed by atoms with van der Waals surface area (Å²) in [5.41, 5.74) is 3.24. The van der Waals surface area contributed by atoms with Crippen LogP contribution in [0, 0.1) is 0 Å². The third kappa shape index (κ3) is 2.57. The Bertz CT molecular complexity index is 780. The van der Waals surface area contributed by atoms with Crippen LogP contribution in [0.3, 0.4) is 0 Å². The van der Waals surface area contributed by atoms with Gasteiger partial charge in [0.1, 0.15) is 0 Å². The van der Waals surface area contributed by atoms with Gasteiger partial charge in [0.15, 0.2) is 0 Å². The first kappa shape index (κ1) is 15.2. The molecule has 0 bridgehead atoms. The molecule has 0 saturated carbocycles. The Kier molecular flexibility index (Phi) is 3.76. The lowest BCUT2D eigenvalue weighted by atomic mass is 10.1. The van der Waals surface area contributed by atoms with Crippen molar-refractivity contribution in [1.29, 1.82) is 0 Å².